The number of nitrogens with two attached hydrogens (primary N) is 1. The second-order valence-corrected chi connectivity index (χ2v) is 3.83. The first-order valence-electron chi connectivity index (χ1n) is 5.20. The van der Waals surface area contributed by atoms with Crippen molar-refractivity contribution in [2.75, 3.05) is 13.1 Å². The van der Waals surface area contributed by atoms with E-state index in [4.69, 9.17) is 5.73 Å². The van der Waals surface area contributed by atoms with Crippen molar-refractivity contribution in [1.29, 1.82) is 0 Å². The highest BCUT2D eigenvalue weighted by Gasteiger charge is 2.27. The van der Waals surface area contributed by atoms with Crippen LogP contribution in [-0.4, -0.2) is 34.9 Å². The highest BCUT2D eigenvalue weighted by Crippen LogP contribution is 2.10. The van der Waals surface area contributed by atoms with Gasteiger partial charge in [-0.15, -0.1) is 0 Å². The molecule has 0 spiro atoms. The SMILES string of the molecule is NC1CCN(CCc2ccncc2)C1=O. The van der Waals surface area contributed by atoms with Crippen LogP contribution in [0.3, 0.4) is 0 Å². The molecule has 4 heteroatoms. The Morgan fingerprint density at radius 3 is 2.80 bits per heavy atom. The first-order chi connectivity index (χ1) is 7.27. The van der Waals surface area contributed by atoms with Gasteiger partial charge >= 0.3 is 0 Å². The van der Waals surface area contributed by atoms with E-state index in [1.807, 2.05) is 17.0 Å². The number of aromatic nitrogens is 1. The average Bonchev–Trinajstić information content (AvgIpc) is 2.59. The van der Waals surface area contributed by atoms with Gasteiger partial charge in [-0.05, 0) is 30.5 Å². The van der Waals surface area contributed by atoms with Gasteiger partial charge in [-0.2, -0.15) is 0 Å². The largest absolute Gasteiger partial charge is 0.341 e. The minimum absolute atomic E-state index is 0.0871. The van der Waals surface area contributed by atoms with E-state index in [-0.39, 0.29) is 11.9 Å². The summed E-state index contributed by atoms with van der Waals surface area (Å²) in [4.78, 5) is 17.3. The van der Waals surface area contributed by atoms with Crippen molar-refractivity contribution >= 4 is 5.91 Å². The van der Waals surface area contributed by atoms with Crippen molar-refractivity contribution in [3.8, 4) is 0 Å². The maximum absolute atomic E-state index is 11.5. The van der Waals surface area contributed by atoms with Crippen LogP contribution in [0.25, 0.3) is 0 Å². The molecule has 1 amide bonds. The Morgan fingerprint density at radius 2 is 2.20 bits per heavy atom. The molecule has 1 aliphatic heterocycles. The van der Waals surface area contributed by atoms with Gasteiger partial charge in [0.2, 0.25) is 5.91 Å². The van der Waals surface area contributed by atoms with E-state index in [1.165, 1.54) is 5.56 Å². The summed E-state index contributed by atoms with van der Waals surface area (Å²) >= 11 is 0. The van der Waals surface area contributed by atoms with Crippen molar-refractivity contribution in [3.63, 3.8) is 0 Å². The van der Waals surface area contributed by atoms with E-state index in [0.717, 1.165) is 25.9 Å². The first-order valence-corrected chi connectivity index (χ1v) is 5.20. The number of pyridine rings is 1. The molecule has 0 aromatic carbocycles. The highest BCUT2D eigenvalue weighted by molar-refractivity contribution is 5.83. The van der Waals surface area contributed by atoms with E-state index in [2.05, 4.69) is 4.98 Å². The molecule has 1 fully saturated rings. The van der Waals surface area contributed by atoms with Gasteiger partial charge < -0.3 is 10.6 Å². The minimum Gasteiger partial charge on any atom is -0.341 e. The van der Waals surface area contributed by atoms with Crippen LogP contribution < -0.4 is 5.73 Å². The van der Waals surface area contributed by atoms with E-state index < -0.39 is 0 Å². The fourth-order valence-electron chi connectivity index (χ4n) is 1.80. The lowest BCUT2D eigenvalue weighted by Gasteiger charge is -2.15. The zero-order chi connectivity index (χ0) is 10.7. The normalized spacial score (nSPS) is 21.0. The lowest BCUT2D eigenvalue weighted by molar-refractivity contribution is -0.128. The van der Waals surface area contributed by atoms with Crippen LogP contribution in [0.5, 0.6) is 0 Å². The number of hydrogen-bond acceptors (Lipinski definition) is 3. The third kappa shape index (κ3) is 2.33. The van der Waals surface area contributed by atoms with Crippen molar-refractivity contribution in [3.05, 3.63) is 30.1 Å². The topological polar surface area (TPSA) is 59.2 Å². The van der Waals surface area contributed by atoms with Gasteiger partial charge in [0.1, 0.15) is 0 Å². The van der Waals surface area contributed by atoms with Gasteiger partial charge in [0, 0.05) is 25.5 Å². The molecule has 2 heterocycles. The van der Waals surface area contributed by atoms with E-state index >= 15 is 0 Å². The van der Waals surface area contributed by atoms with Crippen molar-refractivity contribution in [1.82, 2.24) is 9.88 Å². The maximum atomic E-state index is 11.5. The zero-order valence-corrected chi connectivity index (χ0v) is 8.60. The van der Waals surface area contributed by atoms with Gasteiger partial charge in [0.05, 0.1) is 6.04 Å². The second kappa shape index (κ2) is 4.40. The summed E-state index contributed by atoms with van der Waals surface area (Å²) < 4.78 is 0. The number of hydrogen-bond donors (Lipinski definition) is 1. The van der Waals surface area contributed by atoms with Crippen LogP contribution in [0, 0.1) is 0 Å². The first kappa shape index (κ1) is 10.1. The highest BCUT2D eigenvalue weighted by atomic mass is 16.2. The predicted molar refractivity (Wildman–Crippen MR) is 57.1 cm³/mol. The summed E-state index contributed by atoms with van der Waals surface area (Å²) in [6, 6.07) is 3.67. The molecule has 1 aromatic heterocycles. The molecule has 0 saturated carbocycles. The fourth-order valence-corrected chi connectivity index (χ4v) is 1.80. The zero-order valence-electron chi connectivity index (χ0n) is 8.60. The van der Waals surface area contributed by atoms with Crippen LogP contribution in [0.15, 0.2) is 24.5 Å². The Kier molecular flexibility index (Phi) is 2.97. The van der Waals surface area contributed by atoms with Crippen LogP contribution >= 0.6 is 0 Å². The van der Waals surface area contributed by atoms with Gasteiger partial charge in [0.25, 0.3) is 0 Å². The molecule has 15 heavy (non-hydrogen) atoms. The molecule has 80 valence electrons. The summed E-state index contributed by atoms with van der Waals surface area (Å²) in [5.41, 5.74) is 6.84. The number of nitrogens with zero attached hydrogens (tertiary/aromatic N) is 2. The number of likely N-dealkylation sites (tertiary alicyclic amines) is 1. The Morgan fingerprint density at radius 1 is 1.47 bits per heavy atom. The van der Waals surface area contributed by atoms with Crippen LogP contribution in [0.1, 0.15) is 12.0 Å². The third-order valence-electron chi connectivity index (χ3n) is 2.76. The number of rotatable bonds is 3. The van der Waals surface area contributed by atoms with E-state index in [1.54, 1.807) is 12.4 Å². The monoisotopic (exact) mass is 205 g/mol. The standard InChI is InChI=1S/C11H15N3O/c12-10-4-8-14(11(10)15)7-3-9-1-5-13-6-2-9/h1-2,5-6,10H,3-4,7-8,12H2. The molecule has 0 bridgehead atoms. The summed E-state index contributed by atoms with van der Waals surface area (Å²) in [5, 5.41) is 0. The van der Waals surface area contributed by atoms with Gasteiger partial charge in [0.15, 0.2) is 0 Å². The molecule has 0 radical (unpaired) electrons. The van der Waals surface area contributed by atoms with Crippen molar-refractivity contribution < 1.29 is 4.79 Å². The van der Waals surface area contributed by atoms with Crippen molar-refractivity contribution in [2.45, 2.75) is 18.9 Å². The Labute approximate surface area is 89.1 Å². The van der Waals surface area contributed by atoms with Gasteiger partial charge in [-0.25, -0.2) is 0 Å². The summed E-state index contributed by atoms with van der Waals surface area (Å²) in [7, 11) is 0. The lowest BCUT2D eigenvalue weighted by Crippen LogP contribution is -2.35. The second-order valence-electron chi connectivity index (χ2n) is 3.83. The summed E-state index contributed by atoms with van der Waals surface area (Å²) in [6.45, 7) is 1.56. The molecule has 2 N–H and O–H groups in total. The molecule has 1 atom stereocenters. The fraction of sp³-hybridized carbons (Fsp3) is 0.455. The third-order valence-corrected chi connectivity index (χ3v) is 2.76. The summed E-state index contributed by atoms with van der Waals surface area (Å²) in [6.07, 6.45) is 5.20. The van der Waals surface area contributed by atoms with Crippen LogP contribution in [-0.2, 0) is 11.2 Å². The van der Waals surface area contributed by atoms with E-state index in [9.17, 15) is 4.79 Å². The van der Waals surface area contributed by atoms with Crippen LogP contribution in [0.4, 0.5) is 0 Å². The molecular formula is C11H15N3O. The molecule has 0 aliphatic carbocycles. The van der Waals surface area contributed by atoms with Crippen molar-refractivity contribution in [2.24, 2.45) is 5.73 Å². The van der Waals surface area contributed by atoms with Gasteiger partial charge in [-0.1, -0.05) is 0 Å². The quantitative estimate of drug-likeness (QED) is 0.766. The molecule has 1 unspecified atom stereocenters. The minimum atomic E-state index is -0.276. The maximum Gasteiger partial charge on any atom is 0.239 e. The molecule has 4 nitrogen and oxygen atoms in total. The van der Waals surface area contributed by atoms with E-state index in [0.29, 0.717) is 0 Å². The Hall–Kier alpha value is -1.42. The molecule has 1 saturated heterocycles. The summed E-state index contributed by atoms with van der Waals surface area (Å²) in [5.74, 6) is 0.0871. The Bertz CT molecular complexity index is 339. The van der Waals surface area contributed by atoms with Gasteiger partial charge in [-0.3, -0.25) is 9.78 Å². The smallest absolute Gasteiger partial charge is 0.239 e. The average molecular weight is 205 g/mol. The Balaban J connectivity index is 1.87. The number of amides is 1. The van der Waals surface area contributed by atoms with Crippen LogP contribution in [0.2, 0.25) is 0 Å². The molecule has 2 rings (SSSR count). The molecule has 1 aliphatic rings. The molecular weight excluding hydrogens is 190 g/mol. The number of carbonyl (C=O) groups excluding carboxylic acids is 1. The number of carbonyl (C=O) groups is 1. The lowest BCUT2D eigenvalue weighted by atomic mass is 10.2. The predicted octanol–water partition coefficient (Wildman–Crippen LogP) is 0.184. The molecule has 1 aromatic rings.